The van der Waals surface area contributed by atoms with Crippen LogP contribution in [0.3, 0.4) is 0 Å². The number of aromatic hydroxyl groups is 2. The van der Waals surface area contributed by atoms with Crippen molar-refractivity contribution in [3.63, 3.8) is 0 Å². The molecule has 1 aliphatic carbocycles. The molecule has 0 bridgehead atoms. The average molecular weight is 264 g/mol. The summed E-state index contributed by atoms with van der Waals surface area (Å²) < 4.78 is 0. The van der Waals surface area contributed by atoms with Crippen LogP contribution in [0.4, 0.5) is 0 Å². The third-order valence-electron chi connectivity index (χ3n) is 3.70. The molecule has 0 aliphatic heterocycles. The van der Waals surface area contributed by atoms with E-state index in [2.05, 4.69) is 5.32 Å². The zero-order chi connectivity index (χ0) is 13.8. The summed E-state index contributed by atoms with van der Waals surface area (Å²) in [6.45, 7) is 0.584. The molecule has 0 radical (unpaired) electrons. The first-order valence-electron chi connectivity index (χ1n) is 6.62. The Hall–Kier alpha value is -1.75. The van der Waals surface area contributed by atoms with E-state index in [4.69, 9.17) is 5.73 Å². The molecule has 5 nitrogen and oxygen atoms in total. The van der Waals surface area contributed by atoms with E-state index in [1.165, 1.54) is 18.2 Å². The summed E-state index contributed by atoms with van der Waals surface area (Å²) in [5.74, 6) is -0.562. The summed E-state index contributed by atoms with van der Waals surface area (Å²) in [4.78, 5) is 11.9. The molecule has 1 saturated carbocycles. The Balaban J connectivity index is 1.89. The molecule has 0 spiro atoms. The van der Waals surface area contributed by atoms with E-state index in [1.807, 2.05) is 0 Å². The quantitative estimate of drug-likeness (QED) is 0.620. The largest absolute Gasteiger partial charge is 0.504 e. The molecule has 1 aromatic rings. The van der Waals surface area contributed by atoms with Crippen molar-refractivity contribution < 1.29 is 15.0 Å². The highest BCUT2D eigenvalue weighted by molar-refractivity contribution is 5.97. The first kappa shape index (κ1) is 13.7. The lowest BCUT2D eigenvalue weighted by molar-refractivity contribution is 0.0939. The van der Waals surface area contributed by atoms with Crippen molar-refractivity contribution >= 4 is 5.91 Å². The van der Waals surface area contributed by atoms with Crippen LogP contribution in [0.1, 0.15) is 36.0 Å². The lowest BCUT2D eigenvalue weighted by atomic mass is 9.86. The molecule has 104 valence electrons. The van der Waals surface area contributed by atoms with Crippen LogP contribution < -0.4 is 11.1 Å². The minimum absolute atomic E-state index is 0.104. The van der Waals surface area contributed by atoms with Crippen LogP contribution in [0.5, 0.6) is 11.5 Å². The van der Waals surface area contributed by atoms with Crippen molar-refractivity contribution in [1.29, 1.82) is 0 Å². The van der Waals surface area contributed by atoms with E-state index >= 15 is 0 Å². The van der Waals surface area contributed by atoms with Gasteiger partial charge in [0.15, 0.2) is 11.5 Å². The highest BCUT2D eigenvalue weighted by Gasteiger charge is 2.20. The highest BCUT2D eigenvalue weighted by Crippen LogP contribution is 2.28. The normalized spacial score (nSPS) is 23.0. The molecule has 0 aromatic heterocycles. The summed E-state index contributed by atoms with van der Waals surface area (Å²) in [5.41, 5.74) is 5.94. The van der Waals surface area contributed by atoms with E-state index in [1.54, 1.807) is 0 Å². The third kappa shape index (κ3) is 3.38. The fourth-order valence-corrected chi connectivity index (χ4v) is 2.44. The van der Waals surface area contributed by atoms with Gasteiger partial charge in [-0.1, -0.05) is 6.07 Å². The van der Waals surface area contributed by atoms with Crippen molar-refractivity contribution in [3.8, 4) is 11.5 Å². The second kappa shape index (κ2) is 5.93. The molecular weight excluding hydrogens is 244 g/mol. The maximum atomic E-state index is 11.9. The number of benzene rings is 1. The lowest BCUT2D eigenvalue weighted by Gasteiger charge is -2.26. The number of para-hydroxylation sites is 1. The minimum atomic E-state index is -0.370. The van der Waals surface area contributed by atoms with Gasteiger partial charge in [-0.05, 0) is 43.7 Å². The molecule has 0 heterocycles. The molecule has 2 rings (SSSR count). The predicted octanol–water partition coefficient (Wildman–Crippen LogP) is 1.35. The maximum Gasteiger partial charge on any atom is 0.255 e. The number of hydrogen-bond donors (Lipinski definition) is 4. The number of rotatable bonds is 3. The van der Waals surface area contributed by atoms with Crippen LogP contribution in [0.15, 0.2) is 18.2 Å². The van der Waals surface area contributed by atoms with Gasteiger partial charge in [0, 0.05) is 12.6 Å². The van der Waals surface area contributed by atoms with Crippen LogP contribution in [0, 0.1) is 5.92 Å². The number of nitrogens with one attached hydrogen (secondary N) is 1. The number of carbonyl (C=O) groups is 1. The minimum Gasteiger partial charge on any atom is -0.504 e. The number of amides is 1. The van der Waals surface area contributed by atoms with Crippen LogP contribution in [-0.2, 0) is 0 Å². The molecular formula is C14H20N2O3. The van der Waals surface area contributed by atoms with Gasteiger partial charge in [0.1, 0.15) is 0 Å². The first-order chi connectivity index (χ1) is 9.08. The van der Waals surface area contributed by atoms with Gasteiger partial charge >= 0.3 is 0 Å². The van der Waals surface area contributed by atoms with Crippen molar-refractivity contribution in [2.75, 3.05) is 6.54 Å². The molecule has 1 amide bonds. The molecule has 19 heavy (non-hydrogen) atoms. The fraction of sp³-hybridized carbons (Fsp3) is 0.500. The van der Waals surface area contributed by atoms with Crippen LogP contribution in [-0.4, -0.2) is 28.7 Å². The van der Waals surface area contributed by atoms with Crippen molar-refractivity contribution in [2.24, 2.45) is 11.7 Å². The molecule has 1 aromatic carbocycles. The standard InChI is InChI=1S/C14H20N2O3/c15-10-6-4-9(5-7-10)8-16-14(19)11-2-1-3-12(17)13(11)18/h1-3,9-10,17-18H,4-8,15H2,(H,16,19). The molecule has 0 unspecified atom stereocenters. The number of hydrogen-bond acceptors (Lipinski definition) is 4. The SMILES string of the molecule is NC1CCC(CNC(=O)c2cccc(O)c2O)CC1. The summed E-state index contributed by atoms with van der Waals surface area (Å²) >= 11 is 0. The van der Waals surface area contributed by atoms with Gasteiger partial charge in [0.05, 0.1) is 5.56 Å². The average Bonchev–Trinajstić information content (AvgIpc) is 2.41. The summed E-state index contributed by atoms with van der Waals surface area (Å²) in [7, 11) is 0. The summed E-state index contributed by atoms with van der Waals surface area (Å²) in [6.07, 6.45) is 4.04. The number of phenolic OH excluding ortho intramolecular Hbond substituents is 2. The Kier molecular flexibility index (Phi) is 4.27. The zero-order valence-electron chi connectivity index (χ0n) is 10.8. The van der Waals surface area contributed by atoms with E-state index in [0.717, 1.165) is 25.7 Å². The molecule has 1 aliphatic rings. The third-order valence-corrected chi connectivity index (χ3v) is 3.70. The Bertz CT molecular complexity index is 454. The van der Waals surface area contributed by atoms with E-state index in [0.29, 0.717) is 18.5 Å². The molecule has 0 saturated heterocycles. The van der Waals surface area contributed by atoms with Crippen molar-refractivity contribution in [2.45, 2.75) is 31.7 Å². The lowest BCUT2D eigenvalue weighted by Crippen LogP contribution is -2.34. The van der Waals surface area contributed by atoms with Crippen LogP contribution >= 0.6 is 0 Å². The molecule has 5 N–H and O–H groups in total. The molecule has 5 heteroatoms. The van der Waals surface area contributed by atoms with Gasteiger partial charge in [-0.2, -0.15) is 0 Å². The Morgan fingerprint density at radius 2 is 1.95 bits per heavy atom. The number of nitrogens with two attached hydrogens (primary N) is 1. The first-order valence-corrected chi connectivity index (χ1v) is 6.62. The van der Waals surface area contributed by atoms with Gasteiger partial charge in [0.2, 0.25) is 0 Å². The fourth-order valence-electron chi connectivity index (χ4n) is 2.44. The van der Waals surface area contributed by atoms with Gasteiger partial charge in [0.25, 0.3) is 5.91 Å². The van der Waals surface area contributed by atoms with Crippen molar-refractivity contribution in [1.82, 2.24) is 5.32 Å². The van der Waals surface area contributed by atoms with Gasteiger partial charge in [-0.15, -0.1) is 0 Å². The highest BCUT2D eigenvalue weighted by atomic mass is 16.3. The van der Waals surface area contributed by atoms with E-state index < -0.39 is 0 Å². The predicted molar refractivity (Wildman–Crippen MR) is 72.0 cm³/mol. The number of carbonyl (C=O) groups excluding carboxylic acids is 1. The van der Waals surface area contributed by atoms with Gasteiger partial charge in [-0.25, -0.2) is 0 Å². The monoisotopic (exact) mass is 264 g/mol. The Morgan fingerprint density at radius 1 is 1.26 bits per heavy atom. The Morgan fingerprint density at radius 3 is 2.63 bits per heavy atom. The van der Waals surface area contributed by atoms with Crippen LogP contribution in [0.25, 0.3) is 0 Å². The molecule has 1 fully saturated rings. The summed E-state index contributed by atoms with van der Waals surface area (Å²) in [5, 5.41) is 21.8. The van der Waals surface area contributed by atoms with Crippen molar-refractivity contribution in [3.05, 3.63) is 23.8 Å². The smallest absolute Gasteiger partial charge is 0.255 e. The zero-order valence-corrected chi connectivity index (χ0v) is 10.8. The topological polar surface area (TPSA) is 95.6 Å². The Labute approximate surface area is 112 Å². The van der Waals surface area contributed by atoms with Gasteiger partial charge < -0.3 is 21.3 Å². The summed E-state index contributed by atoms with van der Waals surface area (Å²) in [6, 6.07) is 4.65. The molecule has 0 atom stereocenters. The van der Waals surface area contributed by atoms with Crippen LogP contribution in [0.2, 0.25) is 0 Å². The van der Waals surface area contributed by atoms with Gasteiger partial charge in [-0.3, -0.25) is 4.79 Å². The second-order valence-corrected chi connectivity index (χ2v) is 5.16. The maximum absolute atomic E-state index is 11.9. The number of phenols is 2. The van der Waals surface area contributed by atoms with E-state index in [9.17, 15) is 15.0 Å². The second-order valence-electron chi connectivity index (χ2n) is 5.16. The van der Waals surface area contributed by atoms with E-state index in [-0.39, 0.29) is 23.0 Å².